The Labute approximate surface area is 262 Å². The summed E-state index contributed by atoms with van der Waals surface area (Å²) in [6, 6.07) is 8.47. The zero-order valence-corrected chi connectivity index (χ0v) is 25.9. The molecule has 0 saturated carbocycles. The second kappa shape index (κ2) is 13.2. The van der Waals surface area contributed by atoms with Gasteiger partial charge in [-0.05, 0) is 55.5 Å². The van der Waals surface area contributed by atoms with E-state index >= 15 is 0 Å². The fraction of sp³-hybridized carbons (Fsp3) is 0.441. The molecule has 2 N–H and O–H groups in total. The van der Waals surface area contributed by atoms with Crippen LogP contribution >= 0.6 is 0 Å². The third-order valence-corrected chi connectivity index (χ3v) is 8.99. The number of rotatable bonds is 10. The van der Waals surface area contributed by atoms with Crippen LogP contribution in [0.1, 0.15) is 47.8 Å². The molecule has 1 saturated heterocycles. The first-order chi connectivity index (χ1) is 21.4. The third kappa shape index (κ3) is 7.30. The monoisotopic (exact) mass is 619 g/mol. The normalized spacial score (nSPS) is 18.3. The number of hydrogen-bond donors (Lipinski definition) is 2. The van der Waals surface area contributed by atoms with Crippen molar-refractivity contribution in [3.63, 3.8) is 0 Å². The van der Waals surface area contributed by atoms with Crippen LogP contribution in [0.5, 0.6) is 0 Å². The van der Waals surface area contributed by atoms with E-state index in [1.807, 2.05) is 16.7 Å². The molecule has 4 heterocycles. The van der Waals surface area contributed by atoms with E-state index in [1.54, 1.807) is 25.2 Å². The predicted molar refractivity (Wildman–Crippen MR) is 169 cm³/mol. The van der Waals surface area contributed by atoms with Gasteiger partial charge in [0.25, 0.3) is 0 Å². The van der Waals surface area contributed by atoms with Crippen LogP contribution in [0.3, 0.4) is 0 Å². The summed E-state index contributed by atoms with van der Waals surface area (Å²) in [5.41, 5.74) is 4.61. The summed E-state index contributed by atoms with van der Waals surface area (Å²) < 4.78 is 40.9. The molecule has 2 aliphatic heterocycles. The summed E-state index contributed by atoms with van der Waals surface area (Å²) in [6.07, 6.45) is 4.42. The minimum absolute atomic E-state index is 0.164. The highest BCUT2D eigenvalue weighted by Gasteiger charge is 2.33. The molecule has 8 nitrogen and oxygen atoms in total. The van der Waals surface area contributed by atoms with Crippen LogP contribution in [0.4, 0.5) is 19.0 Å². The molecule has 0 radical (unpaired) electrons. The Morgan fingerprint density at radius 2 is 1.91 bits per heavy atom. The molecule has 0 bridgehead atoms. The summed E-state index contributed by atoms with van der Waals surface area (Å²) >= 11 is 0. The predicted octanol–water partition coefficient (Wildman–Crippen LogP) is 5.66. The van der Waals surface area contributed by atoms with Crippen molar-refractivity contribution < 1.29 is 18.3 Å². The smallest absolute Gasteiger partial charge is 0.384 e. The molecular weight excluding hydrogens is 579 g/mol. The van der Waals surface area contributed by atoms with Gasteiger partial charge >= 0.3 is 6.18 Å². The van der Waals surface area contributed by atoms with Crippen LogP contribution < -0.4 is 5.32 Å². The number of benzene rings is 1. The van der Waals surface area contributed by atoms with Gasteiger partial charge < -0.3 is 15.0 Å². The lowest BCUT2D eigenvalue weighted by Crippen LogP contribution is -2.40. The highest BCUT2D eigenvalue weighted by molar-refractivity contribution is 5.86. The number of anilines is 1. The lowest BCUT2D eigenvalue weighted by molar-refractivity contribution is -0.147. The maximum atomic E-state index is 13.0. The molecule has 1 aromatic carbocycles. The second-order valence-electron chi connectivity index (χ2n) is 12.3. The maximum Gasteiger partial charge on any atom is 0.401 e. The molecule has 0 aliphatic carbocycles. The van der Waals surface area contributed by atoms with E-state index in [9.17, 15) is 23.5 Å². The number of fused-ring (bicyclic) bond motifs is 2. The maximum absolute atomic E-state index is 13.0. The molecule has 2 aromatic heterocycles. The van der Waals surface area contributed by atoms with Crippen LogP contribution in [0.25, 0.3) is 10.9 Å². The van der Waals surface area contributed by atoms with Crippen molar-refractivity contribution in [3.05, 3.63) is 89.6 Å². The van der Waals surface area contributed by atoms with Crippen LogP contribution in [-0.4, -0.2) is 73.4 Å². The molecule has 11 heteroatoms. The van der Waals surface area contributed by atoms with Crippen molar-refractivity contribution in [3.8, 4) is 6.07 Å². The van der Waals surface area contributed by atoms with Gasteiger partial charge in [-0.1, -0.05) is 37.5 Å². The molecule has 45 heavy (non-hydrogen) atoms. The van der Waals surface area contributed by atoms with E-state index in [1.165, 1.54) is 16.8 Å². The minimum Gasteiger partial charge on any atom is -0.384 e. The Balaban J connectivity index is 1.25. The average Bonchev–Trinajstić information content (AvgIpc) is 3.35. The molecule has 0 amide bonds. The summed E-state index contributed by atoms with van der Waals surface area (Å²) in [7, 11) is 0. The SMILES string of the molecule is C=C/C=C(\C=C)[C@](C)(O)Cn1c(C#N)cc2c(C)c(CN3CCC(Nc4ncnc5c4CN(CC(F)(F)F)CC5)CC3)ccc21. The number of nitriles is 1. The second-order valence-corrected chi connectivity index (χ2v) is 12.3. The molecule has 2 aliphatic rings. The number of nitrogens with one attached hydrogen (secondary N) is 1. The number of hydrogen-bond acceptors (Lipinski definition) is 7. The summed E-state index contributed by atoms with van der Waals surface area (Å²) in [6.45, 7) is 13.6. The van der Waals surface area contributed by atoms with Crippen LogP contribution in [0.2, 0.25) is 0 Å². The number of likely N-dealkylation sites (tertiary alicyclic amines) is 1. The molecule has 0 spiro atoms. The lowest BCUT2D eigenvalue weighted by Gasteiger charge is -2.34. The van der Waals surface area contributed by atoms with Gasteiger partial charge in [0.2, 0.25) is 0 Å². The summed E-state index contributed by atoms with van der Waals surface area (Å²) in [4.78, 5) is 12.6. The van der Waals surface area contributed by atoms with Gasteiger partial charge in [-0.15, -0.1) is 0 Å². The minimum atomic E-state index is -4.24. The van der Waals surface area contributed by atoms with Crippen molar-refractivity contribution in [1.82, 2.24) is 24.3 Å². The van der Waals surface area contributed by atoms with Crippen LogP contribution in [0.15, 0.2) is 61.5 Å². The molecule has 3 aromatic rings. The number of piperidine rings is 1. The number of aliphatic hydroxyl groups is 1. The quantitative estimate of drug-likeness (QED) is 0.283. The number of alkyl halides is 3. The first-order valence-corrected chi connectivity index (χ1v) is 15.2. The van der Waals surface area contributed by atoms with Crippen molar-refractivity contribution in [1.29, 1.82) is 5.26 Å². The largest absolute Gasteiger partial charge is 0.401 e. The van der Waals surface area contributed by atoms with Gasteiger partial charge in [0, 0.05) is 61.7 Å². The van der Waals surface area contributed by atoms with Crippen molar-refractivity contribution in [2.75, 3.05) is 31.5 Å². The fourth-order valence-electron chi connectivity index (χ4n) is 6.53. The lowest BCUT2D eigenvalue weighted by atomic mass is 9.95. The molecular formula is C34H40F3N7O. The van der Waals surface area contributed by atoms with E-state index in [0.717, 1.165) is 60.2 Å². The molecule has 1 fully saturated rings. The summed E-state index contributed by atoms with van der Waals surface area (Å²) in [5, 5.41) is 25.7. The average molecular weight is 620 g/mol. The standard InChI is InChI=1S/C34H40F3N7O/c1-5-7-25(6-2)33(4,45)20-44-27(17-38)16-28-23(3)24(8-9-31(28)44)18-42-13-10-26(11-14-42)41-32-29-19-43(21-34(35,36)37)15-12-30(29)39-22-40-32/h5-9,16,22,26,45H,1-2,10-15,18-21H2,3-4H3,(H,39,40,41)/b25-7+/t33-/m1/s1. The van der Waals surface area contributed by atoms with Gasteiger partial charge in [-0.2, -0.15) is 18.4 Å². The van der Waals surface area contributed by atoms with Crippen LogP contribution in [0, 0.1) is 18.3 Å². The Bertz CT molecular complexity index is 1640. The van der Waals surface area contributed by atoms with E-state index in [4.69, 9.17) is 0 Å². The van der Waals surface area contributed by atoms with Gasteiger partial charge in [0.15, 0.2) is 0 Å². The Hall–Kier alpha value is -3.98. The molecule has 238 valence electrons. The van der Waals surface area contributed by atoms with Gasteiger partial charge in [0.05, 0.1) is 18.8 Å². The highest BCUT2D eigenvalue weighted by atomic mass is 19.4. The van der Waals surface area contributed by atoms with Gasteiger partial charge in [-0.3, -0.25) is 9.80 Å². The van der Waals surface area contributed by atoms with Gasteiger partial charge in [-0.25, -0.2) is 9.97 Å². The van der Waals surface area contributed by atoms with Crippen molar-refractivity contribution >= 4 is 16.7 Å². The van der Waals surface area contributed by atoms with E-state index < -0.39 is 18.3 Å². The first kappa shape index (κ1) is 32.4. The van der Waals surface area contributed by atoms with Crippen molar-refractivity contribution in [2.24, 2.45) is 0 Å². The van der Waals surface area contributed by atoms with E-state index in [0.29, 0.717) is 30.1 Å². The Kier molecular flexibility index (Phi) is 9.49. The summed E-state index contributed by atoms with van der Waals surface area (Å²) in [5.74, 6) is 0.642. The first-order valence-electron chi connectivity index (χ1n) is 15.2. The number of allylic oxidation sites excluding steroid dienone is 2. The number of aryl methyl sites for hydroxylation is 1. The van der Waals surface area contributed by atoms with Crippen LogP contribution in [-0.2, 0) is 26.1 Å². The number of aromatic nitrogens is 3. The fourth-order valence-corrected chi connectivity index (χ4v) is 6.53. The zero-order valence-electron chi connectivity index (χ0n) is 25.9. The van der Waals surface area contributed by atoms with Crippen molar-refractivity contribution in [2.45, 2.75) is 70.6 Å². The van der Waals surface area contributed by atoms with E-state index in [-0.39, 0.29) is 19.1 Å². The third-order valence-electron chi connectivity index (χ3n) is 8.99. The Morgan fingerprint density at radius 3 is 2.58 bits per heavy atom. The molecule has 5 rings (SSSR count). The number of halogens is 3. The molecule has 1 atom stereocenters. The number of nitrogens with zero attached hydrogens (tertiary/aromatic N) is 6. The van der Waals surface area contributed by atoms with Gasteiger partial charge in [0.1, 0.15) is 29.5 Å². The Morgan fingerprint density at radius 1 is 1.16 bits per heavy atom. The topological polar surface area (TPSA) is 93.2 Å². The molecule has 0 unspecified atom stereocenters. The highest BCUT2D eigenvalue weighted by Crippen LogP contribution is 2.31. The zero-order chi connectivity index (χ0) is 32.4. The van der Waals surface area contributed by atoms with E-state index in [2.05, 4.69) is 52.4 Å².